The number of aromatic nitrogens is 1. The van der Waals surface area contributed by atoms with Crippen LogP contribution in [-0.2, 0) is 6.61 Å². The number of rotatable bonds is 5. The molecule has 0 saturated heterocycles. The lowest BCUT2D eigenvalue weighted by Gasteiger charge is -2.06. The van der Waals surface area contributed by atoms with Gasteiger partial charge in [0.15, 0.2) is 5.13 Å². The van der Waals surface area contributed by atoms with Gasteiger partial charge in [0.25, 0.3) is 0 Å². The first-order valence-corrected chi connectivity index (χ1v) is 6.96. The molecule has 0 aliphatic heterocycles. The van der Waals surface area contributed by atoms with Gasteiger partial charge >= 0.3 is 0 Å². The van der Waals surface area contributed by atoms with Gasteiger partial charge in [-0.2, -0.15) is 0 Å². The molecule has 0 bridgehead atoms. The van der Waals surface area contributed by atoms with E-state index in [-0.39, 0.29) is 0 Å². The lowest BCUT2D eigenvalue weighted by atomic mass is 10.2. The van der Waals surface area contributed by atoms with E-state index < -0.39 is 0 Å². The SMILES string of the molecule is CCNc1ncc(COc2ccc(C)cc2Cl)s1. The van der Waals surface area contributed by atoms with Crippen LogP contribution in [0.5, 0.6) is 5.75 Å². The van der Waals surface area contributed by atoms with Crippen LogP contribution in [0, 0.1) is 6.92 Å². The zero-order valence-corrected chi connectivity index (χ0v) is 11.9. The summed E-state index contributed by atoms with van der Waals surface area (Å²) in [4.78, 5) is 5.32. The number of hydrogen-bond donors (Lipinski definition) is 1. The van der Waals surface area contributed by atoms with Crippen molar-refractivity contribution in [3.63, 3.8) is 0 Å². The first-order valence-electron chi connectivity index (χ1n) is 5.76. The van der Waals surface area contributed by atoms with Crippen molar-refractivity contribution in [2.45, 2.75) is 20.5 Å². The van der Waals surface area contributed by atoms with Gasteiger partial charge in [0.1, 0.15) is 12.4 Å². The fraction of sp³-hybridized carbons (Fsp3) is 0.308. The molecule has 1 N–H and O–H groups in total. The highest BCUT2D eigenvalue weighted by Gasteiger charge is 2.05. The van der Waals surface area contributed by atoms with E-state index in [9.17, 15) is 0 Å². The Balaban J connectivity index is 1.97. The second kappa shape index (κ2) is 6.07. The van der Waals surface area contributed by atoms with E-state index in [0.29, 0.717) is 17.4 Å². The summed E-state index contributed by atoms with van der Waals surface area (Å²) >= 11 is 7.70. The predicted octanol–water partition coefficient (Wildman–Crippen LogP) is 4.12. The summed E-state index contributed by atoms with van der Waals surface area (Å²) in [6, 6.07) is 5.77. The Labute approximate surface area is 116 Å². The van der Waals surface area contributed by atoms with Gasteiger partial charge in [-0.15, -0.1) is 0 Å². The van der Waals surface area contributed by atoms with Gasteiger partial charge in [-0.25, -0.2) is 4.98 Å². The van der Waals surface area contributed by atoms with Gasteiger partial charge in [-0.1, -0.05) is 29.0 Å². The molecule has 1 aromatic carbocycles. The molecule has 0 spiro atoms. The number of nitrogens with one attached hydrogen (secondary N) is 1. The summed E-state index contributed by atoms with van der Waals surface area (Å²) < 4.78 is 5.68. The molecule has 5 heteroatoms. The lowest BCUT2D eigenvalue weighted by Crippen LogP contribution is -1.94. The third kappa shape index (κ3) is 3.37. The van der Waals surface area contributed by atoms with E-state index in [1.54, 1.807) is 11.3 Å². The smallest absolute Gasteiger partial charge is 0.182 e. The van der Waals surface area contributed by atoms with Crippen molar-refractivity contribution >= 4 is 28.1 Å². The van der Waals surface area contributed by atoms with Crippen molar-refractivity contribution in [2.75, 3.05) is 11.9 Å². The molecule has 96 valence electrons. The van der Waals surface area contributed by atoms with Crippen LogP contribution < -0.4 is 10.1 Å². The highest BCUT2D eigenvalue weighted by atomic mass is 35.5. The highest BCUT2D eigenvalue weighted by Crippen LogP contribution is 2.27. The molecule has 0 fully saturated rings. The molecular formula is C13H15ClN2OS. The summed E-state index contributed by atoms with van der Waals surface area (Å²) in [5.74, 6) is 0.709. The number of anilines is 1. The molecule has 3 nitrogen and oxygen atoms in total. The Morgan fingerprint density at radius 1 is 1.44 bits per heavy atom. The number of hydrogen-bond acceptors (Lipinski definition) is 4. The first-order chi connectivity index (χ1) is 8.69. The standard InChI is InChI=1S/C13H15ClN2OS/c1-3-15-13-16-7-10(18-13)8-17-12-5-4-9(2)6-11(12)14/h4-7H,3,8H2,1-2H3,(H,15,16). The maximum Gasteiger partial charge on any atom is 0.182 e. The van der Waals surface area contributed by atoms with Crippen molar-refractivity contribution in [3.05, 3.63) is 39.9 Å². The Morgan fingerprint density at radius 2 is 2.28 bits per heavy atom. The predicted molar refractivity (Wildman–Crippen MR) is 76.8 cm³/mol. The van der Waals surface area contributed by atoms with Crippen molar-refractivity contribution in [1.29, 1.82) is 0 Å². The van der Waals surface area contributed by atoms with Gasteiger partial charge in [-0.05, 0) is 31.5 Å². The lowest BCUT2D eigenvalue weighted by molar-refractivity contribution is 0.309. The van der Waals surface area contributed by atoms with Crippen LogP contribution in [-0.4, -0.2) is 11.5 Å². The second-order valence-corrected chi connectivity index (χ2v) is 5.41. The average molecular weight is 283 g/mol. The number of ether oxygens (including phenoxy) is 1. The average Bonchev–Trinajstić information content (AvgIpc) is 2.76. The summed E-state index contributed by atoms with van der Waals surface area (Å²) in [6.45, 7) is 5.41. The van der Waals surface area contributed by atoms with Crippen molar-refractivity contribution in [1.82, 2.24) is 4.98 Å². The maximum atomic E-state index is 6.10. The zero-order chi connectivity index (χ0) is 13.0. The molecule has 0 saturated carbocycles. The van der Waals surface area contributed by atoms with E-state index in [1.807, 2.05) is 38.2 Å². The molecule has 0 amide bonds. The van der Waals surface area contributed by atoms with Gasteiger partial charge < -0.3 is 10.1 Å². The van der Waals surface area contributed by atoms with Crippen LogP contribution in [0.15, 0.2) is 24.4 Å². The molecule has 0 aliphatic rings. The molecule has 18 heavy (non-hydrogen) atoms. The summed E-state index contributed by atoms with van der Waals surface area (Å²) in [6.07, 6.45) is 1.82. The zero-order valence-electron chi connectivity index (χ0n) is 10.4. The highest BCUT2D eigenvalue weighted by molar-refractivity contribution is 7.15. The third-order valence-corrected chi connectivity index (χ3v) is 3.56. The van der Waals surface area contributed by atoms with E-state index in [1.165, 1.54) is 0 Å². The van der Waals surface area contributed by atoms with Crippen molar-refractivity contribution < 1.29 is 4.74 Å². The largest absolute Gasteiger partial charge is 0.486 e. The van der Waals surface area contributed by atoms with E-state index in [0.717, 1.165) is 22.1 Å². The fourth-order valence-electron chi connectivity index (χ4n) is 1.48. The molecule has 0 unspecified atom stereocenters. The minimum Gasteiger partial charge on any atom is -0.486 e. The molecule has 1 heterocycles. The molecule has 2 aromatic rings. The maximum absolute atomic E-state index is 6.10. The molecule has 2 rings (SSSR count). The minimum absolute atomic E-state index is 0.492. The molecule has 0 radical (unpaired) electrons. The Morgan fingerprint density at radius 3 is 3.00 bits per heavy atom. The van der Waals surface area contributed by atoms with Crippen LogP contribution in [0.25, 0.3) is 0 Å². The number of benzene rings is 1. The summed E-state index contributed by atoms with van der Waals surface area (Å²) in [5.41, 5.74) is 1.12. The van der Waals surface area contributed by atoms with Gasteiger partial charge in [0.2, 0.25) is 0 Å². The van der Waals surface area contributed by atoms with E-state index >= 15 is 0 Å². The van der Waals surface area contributed by atoms with E-state index in [4.69, 9.17) is 16.3 Å². The monoisotopic (exact) mass is 282 g/mol. The second-order valence-electron chi connectivity index (χ2n) is 3.88. The fourth-order valence-corrected chi connectivity index (χ4v) is 2.56. The first kappa shape index (κ1) is 13.2. The summed E-state index contributed by atoms with van der Waals surface area (Å²) in [7, 11) is 0. The number of nitrogens with zero attached hydrogens (tertiary/aromatic N) is 1. The van der Waals surface area contributed by atoms with Crippen molar-refractivity contribution in [2.24, 2.45) is 0 Å². The number of aryl methyl sites for hydroxylation is 1. The van der Waals surface area contributed by atoms with Crippen LogP contribution >= 0.6 is 22.9 Å². The molecule has 0 atom stereocenters. The Bertz CT molecular complexity index is 527. The third-order valence-electron chi connectivity index (χ3n) is 2.34. The van der Waals surface area contributed by atoms with Crippen LogP contribution in [0.1, 0.15) is 17.4 Å². The number of thiazole rings is 1. The summed E-state index contributed by atoms with van der Waals surface area (Å²) in [5, 5.41) is 4.74. The van der Waals surface area contributed by atoms with Gasteiger partial charge in [-0.3, -0.25) is 0 Å². The quantitative estimate of drug-likeness (QED) is 0.896. The minimum atomic E-state index is 0.492. The van der Waals surface area contributed by atoms with Crippen molar-refractivity contribution in [3.8, 4) is 5.75 Å². The Hall–Kier alpha value is -1.26. The van der Waals surface area contributed by atoms with Gasteiger partial charge in [0, 0.05) is 12.7 Å². The van der Waals surface area contributed by atoms with Crippen LogP contribution in [0.3, 0.4) is 0 Å². The number of halogens is 1. The Kier molecular flexibility index (Phi) is 4.44. The normalized spacial score (nSPS) is 10.4. The van der Waals surface area contributed by atoms with Gasteiger partial charge in [0.05, 0.1) is 9.90 Å². The molecule has 1 aromatic heterocycles. The van der Waals surface area contributed by atoms with Crippen LogP contribution in [0.2, 0.25) is 5.02 Å². The van der Waals surface area contributed by atoms with Crippen LogP contribution in [0.4, 0.5) is 5.13 Å². The topological polar surface area (TPSA) is 34.2 Å². The van der Waals surface area contributed by atoms with E-state index in [2.05, 4.69) is 10.3 Å². The molecule has 0 aliphatic carbocycles. The molecular weight excluding hydrogens is 268 g/mol.